The molecule has 1 aromatic carbocycles. The van der Waals surface area contributed by atoms with Crippen molar-refractivity contribution in [3.05, 3.63) is 35.1 Å². The highest BCUT2D eigenvalue weighted by Gasteiger charge is 2.43. The summed E-state index contributed by atoms with van der Waals surface area (Å²) in [4.78, 5) is 12.4. The summed E-state index contributed by atoms with van der Waals surface area (Å²) in [5.74, 6) is -1.36. The van der Waals surface area contributed by atoms with Gasteiger partial charge in [-0.05, 0) is 38.1 Å². The summed E-state index contributed by atoms with van der Waals surface area (Å²) in [6.07, 6.45) is 0. The molecule has 0 radical (unpaired) electrons. The lowest BCUT2D eigenvalue weighted by Gasteiger charge is -2.23. The van der Waals surface area contributed by atoms with Gasteiger partial charge >= 0.3 is 0 Å². The van der Waals surface area contributed by atoms with Crippen LogP contribution in [-0.2, 0) is 20.0 Å². The van der Waals surface area contributed by atoms with E-state index in [-0.39, 0.29) is 16.6 Å². The second kappa shape index (κ2) is 7.01. The Bertz CT molecular complexity index is 906. The first-order chi connectivity index (χ1) is 11.9. The van der Waals surface area contributed by atoms with Crippen LogP contribution >= 0.6 is 11.3 Å². The zero-order valence-electron chi connectivity index (χ0n) is 14.8. The van der Waals surface area contributed by atoms with E-state index in [4.69, 9.17) is 0 Å². The average molecular weight is 401 g/mol. The molecule has 0 atom stereocenters. The van der Waals surface area contributed by atoms with E-state index < -0.39 is 31.7 Å². The summed E-state index contributed by atoms with van der Waals surface area (Å²) < 4.78 is 36.7. The van der Waals surface area contributed by atoms with E-state index in [0.717, 1.165) is 35.6 Å². The molecule has 0 aliphatic rings. The molecule has 2 aromatic rings. The van der Waals surface area contributed by atoms with Gasteiger partial charge in [0.1, 0.15) is 15.6 Å². The Morgan fingerprint density at radius 2 is 1.77 bits per heavy atom. The Morgan fingerprint density at radius 3 is 2.31 bits per heavy atom. The molecule has 0 unspecified atom stereocenters. The molecule has 1 aromatic heterocycles. The summed E-state index contributed by atoms with van der Waals surface area (Å²) in [6.45, 7) is 5.91. The smallest absolute Gasteiger partial charge is 0.247 e. The maximum atomic E-state index is 13.0. The van der Waals surface area contributed by atoms with Crippen molar-refractivity contribution in [1.82, 2.24) is 10.2 Å². The lowest BCUT2D eigenvalue weighted by molar-refractivity contribution is -0.117. The predicted octanol–water partition coefficient (Wildman–Crippen LogP) is 2.14. The monoisotopic (exact) mass is 401 g/mol. The highest BCUT2D eigenvalue weighted by molar-refractivity contribution is 7.93. The Hall–Kier alpha value is -1.91. The highest BCUT2D eigenvalue weighted by atomic mass is 32.2. The number of hydrogen-bond donors (Lipinski definition) is 2. The number of anilines is 1. The largest absolute Gasteiger partial charge is 0.395 e. The summed E-state index contributed by atoms with van der Waals surface area (Å²) in [7, 11) is -4.06. The van der Waals surface area contributed by atoms with Crippen molar-refractivity contribution >= 4 is 32.2 Å². The minimum Gasteiger partial charge on any atom is -0.395 e. The van der Waals surface area contributed by atoms with Crippen LogP contribution in [0, 0.1) is 5.82 Å². The minimum absolute atomic E-state index is 0.133. The number of nitrogens with one attached hydrogen (secondary N) is 1. The van der Waals surface area contributed by atoms with E-state index in [9.17, 15) is 22.7 Å². The number of rotatable bonds is 6. The van der Waals surface area contributed by atoms with Gasteiger partial charge in [-0.2, -0.15) is 0 Å². The molecule has 10 heteroatoms. The van der Waals surface area contributed by atoms with Gasteiger partial charge in [0, 0.05) is 5.41 Å². The molecule has 1 amide bonds. The first-order valence-electron chi connectivity index (χ1n) is 7.68. The number of aliphatic hydroxyl groups is 1. The highest BCUT2D eigenvalue weighted by Crippen LogP contribution is 2.30. The van der Waals surface area contributed by atoms with Crippen molar-refractivity contribution in [2.24, 2.45) is 0 Å². The van der Waals surface area contributed by atoms with Crippen LogP contribution in [0.25, 0.3) is 0 Å². The molecular weight excluding hydrogens is 381 g/mol. The Kier molecular flexibility index (Phi) is 5.50. The number of halogens is 1. The zero-order chi connectivity index (χ0) is 19.8. The number of carbonyl (C=O) groups is 1. The van der Waals surface area contributed by atoms with Gasteiger partial charge < -0.3 is 5.11 Å². The minimum atomic E-state index is -4.06. The molecule has 0 saturated heterocycles. The SMILES string of the molecule is CC(C)(CO)c1nnc(NC(=O)C(C)(C)S(=O)(=O)c2ccc(F)cc2)s1. The predicted molar refractivity (Wildman–Crippen MR) is 96.3 cm³/mol. The number of carbonyl (C=O) groups excluding carboxylic acids is 1. The number of amides is 1. The molecule has 0 bridgehead atoms. The quantitative estimate of drug-likeness (QED) is 0.718. The van der Waals surface area contributed by atoms with Crippen LogP contribution < -0.4 is 5.32 Å². The van der Waals surface area contributed by atoms with Gasteiger partial charge in [0.15, 0.2) is 9.84 Å². The second-order valence-corrected chi connectivity index (χ2v) is 10.4. The lowest BCUT2D eigenvalue weighted by atomic mass is 9.96. The molecule has 0 fully saturated rings. The molecule has 0 aliphatic carbocycles. The summed E-state index contributed by atoms with van der Waals surface area (Å²) in [5.41, 5.74) is -0.629. The maximum Gasteiger partial charge on any atom is 0.247 e. The van der Waals surface area contributed by atoms with E-state index >= 15 is 0 Å². The van der Waals surface area contributed by atoms with Gasteiger partial charge in [-0.25, -0.2) is 12.8 Å². The number of benzene rings is 1. The molecule has 2 rings (SSSR count). The van der Waals surface area contributed by atoms with Crippen molar-refractivity contribution in [3.63, 3.8) is 0 Å². The van der Waals surface area contributed by atoms with Gasteiger partial charge in [-0.15, -0.1) is 10.2 Å². The van der Waals surface area contributed by atoms with Gasteiger partial charge in [0.2, 0.25) is 11.0 Å². The molecule has 142 valence electrons. The number of aliphatic hydroxyl groups excluding tert-OH is 1. The molecule has 1 heterocycles. The fraction of sp³-hybridized carbons (Fsp3) is 0.438. The van der Waals surface area contributed by atoms with Crippen LogP contribution in [0.2, 0.25) is 0 Å². The first-order valence-corrected chi connectivity index (χ1v) is 9.98. The van der Waals surface area contributed by atoms with Crippen molar-refractivity contribution in [3.8, 4) is 0 Å². The Labute approximate surface area is 155 Å². The molecule has 0 spiro atoms. The van der Waals surface area contributed by atoms with Gasteiger partial charge in [0.05, 0.1) is 11.5 Å². The Morgan fingerprint density at radius 1 is 1.19 bits per heavy atom. The van der Waals surface area contributed by atoms with Gasteiger partial charge in [-0.1, -0.05) is 25.2 Å². The van der Waals surface area contributed by atoms with E-state index in [1.165, 1.54) is 13.8 Å². The first kappa shape index (κ1) is 20.4. The van der Waals surface area contributed by atoms with Crippen LogP contribution in [0.15, 0.2) is 29.2 Å². The summed E-state index contributed by atoms with van der Waals surface area (Å²) >= 11 is 1.06. The standard InChI is InChI=1S/C16H20FN3O4S2/c1-15(2,9-21)13-19-20-14(25-13)18-12(22)16(3,4)26(23,24)11-7-5-10(17)6-8-11/h5-8,21H,9H2,1-4H3,(H,18,20,22). The van der Waals surface area contributed by atoms with Crippen molar-refractivity contribution < 1.29 is 22.7 Å². The molecule has 0 saturated carbocycles. The van der Waals surface area contributed by atoms with Gasteiger partial charge in [0.25, 0.3) is 0 Å². The fourth-order valence-electron chi connectivity index (χ4n) is 1.89. The third kappa shape index (κ3) is 3.76. The maximum absolute atomic E-state index is 13.0. The normalized spacial score (nSPS) is 12.8. The summed E-state index contributed by atoms with van der Waals surface area (Å²) in [5, 5.41) is 20.2. The van der Waals surface area contributed by atoms with Crippen LogP contribution in [0.1, 0.15) is 32.7 Å². The molecule has 7 nitrogen and oxygen atoms in total. The molecular formula is C16H20FN3O4S2. The van der Waals surface area contributed by atoms with E-state index in [0.29, 0.717) is 5.01 Å². The zero-order valence-corrected chi connectivity index (χ0v) is 16.4. The number of aromatic nitrogens is 2. The molecule has 26 heavy (non-hydrogen) atoms. The fourth-order valence-corrected chi connectivity index (χ4v) is 4.10. The Balaban J connectivity index is 2.26. The van der Waals surface area contributed by atoms with E-state index in [1.807, 2.05) is 0 Å². The van der Waals surface area contributed by atoms with Crippen LogP contribution in [0.4, 0.5) is 9.52 Å². The topological polar surface area (TPSA) is 109 Å². The van der Waals surface area contributed by atoms with Crippen molar-refractivity contribution in [2.45, 2.75) is 42.8 Å². The second-order valence-electron chi connectivity index (χ2n) is 6.88. The molecule has 0 aliphatic heterocycles. The van der Waals surface area contributed by atoms with Crippen molar-refractivity contribution in [2.75, 3.05) is 11.9 Å². The van der Waals surface area contributed by atoms with Crippen LogP contribution in [0.5, 0.6) is 0 Å². The molecule has 2 N–H and O–H groups in total. The lowest BCUT2D eigenvalue weighted by Crippen LogP contribution is -2.44. The van der Waals surface area contributed by atoms with Crippen LogP contribution in [-0.4, -0.2) is 41.0 Å². The van der Waals surface area contributed by atoms with Gasteiger partial charge in [-0.3, -0.25) is 10.1 Å². The summed E-state index contributed by atoms with van der Waals surface area (Å²) in [6, 6.07) is 4.28. The third-order valence-electron chi connectivity index (χ3n) is 3.96. The average Bonchev–Trinajstić information content (AvgIpc) is 3.04. The third-order valence-corrected chi connectivity index (χ3v) is 7.59. The number of sulfone groups is 1. The van der Waals surface area contributed by atoms with Crippen molar-refractivity contribution in [1.29, 1.82) is 0 Å². The number of nitrogens with zero attached hydrogens (tertiary/aromatic N) is 2. The van der Waals surface area contributed by atoms with E-state index in [1.54, 1.807) is 13.8 Å². The van der Waals surface area contributed by atoms with Crippen LogP contribution in [0.3, 0.4) is 0 Å². The number of hydrogen-bond acceptors (Lipinski definition) is 7. The van der Waals surface area contributed by atoms with E-state index in [2.05, 4.69) is 15.5 Å².